The molecule has 10 rings (SSSR count). The van der Waals surface area contributed by atoms with Gasteiger partial charge in [-0.2, -0.15) is 0 Å². The van der Waals surface area contributed by atoms with Gasteiger partial charge in [-0.25, -0.2) is 9.98 Å². The molecule has 1 N–H and O–H groups in total. The van der Waals surface area contributed by atoms with Gasteiger partial charge < -0.3 is 5.32 Å². The predicted molar refractivity (Wildman–Crippen MR) is 240 cm³/mol. The minimum atomic E-state index is -0.0978. The van der Waals surface area contributed by atoms with E-state index in [4.69, 9.17) is 15.0 Å². The van der Waals surface area contributed by atoms with Crippen LogP contribution in [0.1, 0.15) is 22.7 Å². The normalized spacial score (nSPS) is 13.7. The molecule has 9 aromatic rings. The molecule has 1 atom stereocenters. The molecule has 1 unspecified atom stereocenters. The van der Waals surface area contributed by atoms with Gasteiger partial charge in [0.1, 0.15) is 5.84 Å². The number of hydrogen-bond donors (Lipinski definition) is 1. The average molecular weight is 743 g/mol. The molecule has 0 saturated carbocycles. The van der Waals surface area contributed by atoms with Crippen LogP contribution < -0.4 is 5.32 Å². The van der Waals surface area contributed by atoms with Crippen molar-refractivity contribution in [3.63, 3.8) is 0 Å². The Morgan fingerprint density at radius 1 is 0.397 bits per heavy atom. The summed E-state index contributed by atoms with van der Waals surface area (Å²) >= 11 is 0. The summed E-state index contributed by atoms with van der Waals surface area (Å²) in [7, 11) is 0. The Morgan fingerprint density at radius 2 is 0.948 bits per heavy atom. The Labute approximate surface area is 338 Å². The van der Waals surface area contributed by atoms with Crippen molar-refractivity contribution in [3.8, 4) is 56.0 Å². The van der Waals surface area contributed by atoms with Gasteiger partial charge >= 0.3 is 0 Å². The highest BCUT2D eigenvalue weighted by Gasteiger charge is 2.22. The van der Waals surface area contributed by atoms with Crippen LogP contribution >= 0.6 is 0 Å². The average Bonchev–Trinajstić information content (AvgIpc) is 3.32. The van der Waals surface area contributed by atoms with Crippen molar-refractivity contribution >= 4 is 22.3 Å². The first-order valence-electron chi connectivity index (χ1n) is 19.6. The van der Waals surface area contributed by atoms with Crippen LogP contribution in [0, 0.1) is 0 Å². The number of pyridine rings is 2. The number of hydrogen-bond acceptors (Lipinski definition) is 4. The van der Waals surface area contributed by atoms with E-state index in [9.17, 15) is 0 Å². The topological polar surface area (TPSA) is 50.2 Å². The molecule has 0 amide bonds. The molecule has 3 heterocycles. The lowest BCUT2D eigenvalue weighted by Crippen LogP contribution is -2.31. The van der Waals surface area contributed by atoms with Crippen molar-refractivity contribution in [1.82, 2.24) is 15.3 Å². The maximum atomic E-state index is 5.43. The number of aromatic nitrogens is 2. The first kappa shape index (κ1) is 34.8. The Hall–Kier alpha value is -7.69. The van der Waals surface area contributed by atoms with Crippen molar-refractivity contribution in [3.05, 3.63) is 235 Å². The van der Waals surface area contributed by atoms with Gasteiger partial charge in [-0.05, 0) is 87.3 Å². The van der Waals surface area contributed by atoms with Crippen molar-refractivity contribution in [2.75, 3.05) is 0 Å². The van der Waals surface area contributed by atoms with Crippen molar-refractivity contribution in [2.24, 2.45) is 4.99 Å². The molecule has 0 aliphatic carbocycles. The fourth-order valence-corrected chi connectivity index (χ4v) is 7.78. The molecule has 58 heavy (non-hydrogen) atoms. The van der Waals surface area contributed by atoms with E-state index in [1.54, 1.807) is 0 Å². The quantitative estimate of drug-likeness (QED) is 0.169. The third-order valence-corrected chi connectivity index (χ3v) is 10.7. The van der Waals surface area contributed by atoms with Crippen molar-refractivity contribution in [1.29, 1.82) is 0 Å². The fourth-order valence-electron chi connectivity index (χ4n) is 7.78. The highest BCUT2D eigenvalue weighted by atomic mass is 15.0. The maximum Gasteiger partial charge on any atom is 0.134 e. The minimum absolute atomic E-state index is 0.0978. The number of aliphatic imine (C=N–C) groups is 1. The molecule has 0 bridgehead atoms. The van der Waals surface area contributed by atoms with E-state index in [1.165, 1.54) is 16.7 Å². The molecule has 0 spiro atoms. The Kier molecular flexibility index (Phi) is 9.26. The SMILES string of the molecule is C1=C(c2ccc(-c3ccccc3)cc2)N=C(c2cc(-c3ccccn3)cc(-c3cc4cc(-c5ccccc5)ccc4c(-c4ccccc4)n3)c2)NC1c1ccccc1. The standard InChI is InChI=1S/C54H38N4/c1-5-15-37(16-6-1)39-24-26-41(27-25-39)52-36-51(40-19-9-3-10-20-40)57-54(58-52)47-33-45(49-23-13-14-30-55-49)32-46(34-47)50-35-44-31-43(38-17-7-2-8-18-38)28-29-48(44)53(56-50)42-21-11-4-12-22-42/h1-36,51H,(H,57,58). The number of nitrogens with zero attached hydrogens (tertiary/aromatic N) is 3. The molecule has 4 heteroatoms. The summed E-state index contributed by atoms with van der Waals surface area (Å²) in [6.07, 6.45) is 4.07. The van der Waals surface area contributed by atoms with Gasteiger partial charge in [0, 0.05) is 33.8 Å². The van der Waals surface area contributed by atoms with Crippen LogP contribution in [-0.4, -0.2) is 15.8 Å². The second kappa shape index (κ2) is 15.4. The molecule has 0 saturated heterocycles. The first-order chi connectivity index (χ1) is 28.7. The van der Waals surface area contributed by atoms with Gasteiger partial charge in [0.15, 0.2) is 0 Å². The largest absolute Gasteiger partial charge is 0.359 e. The third-order valence-electron chi connectivity index (χ3n) is 10.7. The molecule has 7 aromatic carbocycles. The van der Waals surface area contributed by atoms with Gasteiger partial charge in [0.2, 0.25) is 0 Å². The second-order valence-corrected chi connectivity index (χ2v) is 14.5. The summed E-state index contributed by atoms with van der Waals surface area (Å²) in [5.41, 5.74) is 14.5. The van der Waals surface area contributed by atoms with Crippen LogP contribution in [0.3, 0.4) is 0 Å². The van der Waals surface area contributed by atoms with E-state index in [0.717, 1.165) is 78.3 Å². The third kappa shape index (κ3) is 7.11. The zero-order valence-corrected chi connectivity index (χ0v) is 31.7. The summed E-state index contributed by atoms with van der Waals surface area (Å²) in [6, 6.07) is 72.2. The molecule has 274 valence electrons. The Balaban J connectivity index is 1.14. The van der Waals surface area contributed by atoms with Gasteiger partial charge in [0.25, 0.3) is 0 Å². The zero-order valence-electron chi connectivity index (χ0n) is 31.7. The van der Waals surface area contributed by atoms with E-state index < -0.39 is 0 Å². The molecule has 1 aliphatic heterocycles. The monoisotopic (exact) mass is 742 g/mol. The Bertz CT molecular complexity index is 2920. The van der Waals surface area contributed by atoms with Crippen molar-refractivity contribution in [2.45, 2.75) is 6.04 Å². The van der Waals surface area contributed by atoms with Crippen LogP contribution in [0.15, 0.2) is 224 Å². The highest BCUT2D eigenvalue weighted by Crippen LogP contribution is 2.37. The Morgan fingerprint density at radius 3 is 1.62 bits per heavy atom. The predicted octanol–water partition coefficient (Wildman–Crippen LogP) is 13.1. The second-order valence-electron chi connectivity index (χ2n) is 14.5. The lowest BCUT2D eigenvalue weighted by atomic mass is 9.94. The summed E-state index contributed by atoms with van der Waals surface area (Å²) in [6.45, 7) is 0. The molecular formula is C54H38N4. The summed E-state index contributed by atoms with van der Waals surface area (Å²) < 4.78 is 0. The van der Waals surface area contributed by atoms with E-state index in [1.807, 2.05) is 30.5 Å². The minimum Gasteiger partial charge on any atom is -0.359 e. The first-order valence-corrected chi connectivity index (χ1v) is 19.6. The number of amidine groups is 1. The summed E-state index contributed by atoms with van der Waals surface area (Å²) in [4.78, 5) is 15.6. The van der Waals surface area contributed by atoms with Crippen LogP contribution in [0.25, 0.3) is 72.5 Å². The van der Waals surface area contributed by atoms with E-state index >= 15 is 0 Å². The van der Waals surface area contributed by atoms with E-state index in [0.29, 0.717) is 0 Å². The summed E-state index contributed by atoms with van der Waals surface area (Å²) in [5, 5.41) is 6.03. The molecule has 0 fully saturated rings. The van der Waals surface area contributed by atoms with Gasteiger partial charge in [-0.15, -0.1) is 0 Å². The number of nitrogens with one attached hydrogen (secondary N) is 1. The number of fused-ring (bicyclic) bond motifs is 1. The van der Waals surface area contributed by atoms with Crippen LogP contribution in [0.4, 0.5) is 0 Å². The maximum absolute atomic E-state index is 5.43. The lowest BCUT2D eigenvalue weighted by Gasteiger charge is -2.25. The fraction of sp³-hybridized carbons (Fsp3) is 0.0185. The van der Waals surface area contributed by atoms with Crippen molar-refractivity contribution < 1.29 is 0 Å². The van der Waals surface area contributed by atoms with E-state index in [-0.39, 0.29) is 6.04 Å². The van der Waals surface area contributed by atoms with E-state index in [2.05, 4.69) is 193 Å². The lowest BCUT2D eigenvalue weighted by molar-refractivity contribution is 0.781. The van der Waals surface area contributed by atoms with Crippen LogP contribution in [-0.2, 0) is 0 Å². The van der Waals surface area contributed by atoms with Gasteiger partial charge in [-0.1, -0.05) is 164 Å². The van der Waals surface area contributed by atoms with Crippen LogP contribution in [0.2, 0.25) is 0 Å². The number of benzene rings is 7. The molecular weight excluding hydrogens is 705 g/mol. The van der Waals surface area contributed by atoms with Gasteiger partial charge in [0.05, 0.1) is 28.8 Å². The summed E-state index contributed by atoms with van der Waals surface area (Å²) in [5.74, 6) is 0.785. The smallest absolute Gasteiger partial charge is 0.134 e. The van der Waals surface area contributed by atoms with Gasteiger partial charge in [-0.3, -0.25) is 4.98 Å². The van der Waals surface area contributed by atoms with Crippen LogP contribution in [0.5, 0.6) is 0 Å². The zero-order chi connectivity index (χ0) is 38.7. The molecule has 1 aliphatic rings. The molecule has 2 aromatic heterocycles. The number of rotatable bonds is 8. The molecule has 0 radical (unpaired) electrons. The highest BCUT2D eigenvalue weighted by molar-refractivity contribution is 6.06. The molecule has 4 nitrogen and oxygen atoms in total.